The molecule has 238 valence electrons. The van der Waals surface area contributed by atoms with Crippen molar-refractivity contribution in [3.63, 3.8) is 0 Å². The Bertz CT molecular complexity index is 3040. The standard InChI is InChI=1S/C43H28N4O3/c1-46-36-17-15-27(21-37(36)47(2)43(46)48)26-11-8-12-28(19-26)34-24-35(45-42(44-34)25-9-4-3-5-10-25)29-16-18-39-31(20-29)33-23-40-32(22-41(33)50-39)30-13-6-7-14-38(30)49-40/h3-24H,1-2H3. The Morgan fingerprint density at radius 3 is 1.82 bits per heavy atom. The number of nitrogens with zero attached hydrogens (tertiary/aromatic N) is 4. The first-order valence-electron chi connectivity index (χ1n) is 16.5. The topological polar surface area (TPSA) is 79.0 Å². The summed E-state index contributed by atoms with van der Waals surface area (Å²) >= 11 is 0. The average Bonchev–Trinajstić information content (AvgIpc) is 3.79. The van der Waals surface area contributed by atoms with E-state index < -0.39 is 0 Å². The summed E-state index contributed by atoms with van der Waals surface area (Å²) in [5.41, 5.74) is 11.6. The monoisotopic (exact) mass is 648 g/mol. The Balaban J connectivity index is 1.12. The molecule has 10 rings (SSSR count). The third kappa shape index (κ3) is 4.33. The molecule has 0 aliphatic heterocycles. The van der Waals surface area contributed by atoms with Gasteiger partial charge in [0.05, 0.1) is 22.4 Å². The fourth-order valence-corrected chi connectivity index (χ4v) is 7.16. The molecule has 0 N–H and O–H groups in total. The van der Waals surface area contributed by atoms with Crippen molar-refractivity contribution in [1.82, 2.24) is 19.1 Å². The molecule has 0 radical (unpaired) electrons. The highest BCUT2D eigenvalue weighted by Crippen LogP contribution is 2.38. The normalized spacial score (nSPS) is 11.9. The second kappa shape index (κ2) is 10.6. The van der Waals surface area contributed by atoms with Crippen LogP contribution in [0.15, 0.2) is 147 Å². The fraction of sp³-hybridized carbons (Fsp3) is 0.0465. The van der Waals surface area contributed by atoms with E-state index in [0.29, 0.717) is 5.82 Å². The minimum atomic E-state index is -0.0442. The van der Waals surface area contributed by atoms with Crippen LogP contribution in [0.2, 0.25) is 0 Å². The zero-order chi connectivity index (χ0) is 33.5. The van der Waals surface area contributed by atoms with Crippen molar-refractivity contribution in [3.05, 3.63) is 144 Å². The fourth-order valence-electron chi connectivity index (χ4n) is 7.16. The predicted octanol–water partition coefficient (Wildman–Crippen LogP) is 10.1. The van der Waals surface area contributed by atoms with Crippen LogP contribution in [0.4, 0.5) is 0 Å². The summed E-state index contributed by atoms with van der Waals surface area (Å²) in [6.45, 7) is 0. The third-order valence-electron chi connectivity index (χ3n) is 9.79. The van der Waals surface area contributed by atoms with Gasteiger partial charge in [-0.25, -0.2) is 14.8 Å². The number of benzene rings is 6. The summed E-state index contributed by atoms with van der Waals surface area (Å²) in [5.74, 6) is 0.644. The summed E-state index contributed by atoms with van der Waals surface area (Å²) in [6, 6.07) is 45.1. The Morgan fingerprint density at radius 1 is 0.440 bits per heavy atom. The lowest BCUT2D eigenvalue weighted by molar-refractivity contribution is 0.664. The molecule has 0 unspecified atom stereocenters. The van der Waals surface area contributed by atoms with Gasteiger partial charge in [0.25, 0.3) is 0 Å². The van der Waals surface area contributed by atoms with E-state index in [2.05, 4.69) is 66.7 Å². The van der Waals surface area contributed by atoms with Crippen molar-refractivity contribution >= 4 is 54.9 Å². The lowest BCUT2D eigenvalue weighted by Gasteiger charge is -2.11. The number of imidazole rings is 1. The molecule has 10 aromatic rings. The molecular formula is C43H28N4O3. The molecule has 50 heavy (non-hydrogen) atoms. The van der Waals surface area contributed by atoms with Gasteiger partial charge in [-0.3, -0.25) is 9.13 Å². The minimum Gasteiger partial charge on any atom is -0.456 e. The molecule has 0 amide bonds. The SMILES string of the molecule is Cn1c(=O)n(C)c2cc(-c3cccc(-c4cc(-c5ccc6oc7cc8c(cc7c6c5)oc5ccccc58)nc(-c5ccccc5)n4)c3)ccc21. The van der Waals surface area contributed by atoms with Crippen LogP contribution in [0.5, 0.6) is 0 Å². The first kappa shape index (κ1) is 28.3. The van der Waals surface area contributed by atoms with E-state index in [1.165, 1.54) is 0 Å². The summed E-state index contributed by atoms with van der Waals surface area (Å²) < 4.78 is 15.9. The Labute approximate surface area is 285 Å². The highest BCUT2D eigenvalue weighted by Gasteiger charge is 2.17. The van der Waals surface area contributed by atoms with Gasteiger partial charge in [-0.2, -0.15) is 0 Å². The number of hydrogen-bond acceptors (Lipinski definition) is 5. The molecule has 0 saturated heterocycles. The number of aromatic nitrogens is 4. The molecule has 0 spiro atoms. The molecule has 0 fully saturated rings. The molecule has 4 heterocycles. The molecular weight excluding hydrogens is 620 g/mol. The zero-order valence-corrected chi connectivity index (χ0v) is 27.2. The molecule has 0 aliphatic rings. The van der Waals surface area contributed by atoms with E-state index in [1.807, 2.05) is 73.8 Å². The number of para-hydroxylation sites is 1. The van der Waals surface area contributed by atoms with Crippen LogP contribution in [-0.4, -0.2) is 19.1 Å². The van der Waals surface area contributed by atoms with Crippen LogP contribution in [0.25, 0.3) is 99.9 Å². The molecule has 0 bridgehead atoms. The molecule has 0 saturated carbocycles. The lowest BCUT2D eigenvalue weighted by Crippen LogP contribution is -2.19. The van der Waals surface area contributed by atoms with E-state index in [0.717, 1.165) is 94.1 Å². The Kier molecular flexibility index (Phi) is 6.02. The lowest BCUT2D eigenvalue weighted by atomic mass is 9.99. The minimum absolute atomic E-state index is 0.0442. The van der Waals surface area contributed by atoms with E-state index in [1.54, 1.807) is 16.2 Å². The smallest absolute Gasteiger partial charge is 0.328 e. The van der Waals surface area contributed by atoms with Crippen molar-refractivity contribution in [2.45, 2.75) is 0 Å². The van der Waals surface area contributed by atoms with Gasteiger partial charge in [0.15, 0.2) is 5.82 Å². The van der Waals surface area contributed by atoms with Gasteiger partial charge < -0.3 is 8.83 Å². The van der Waals surface area contributed by atoms with Crippen LogP contribution in [0, 0.1) is 0 Å². The van der Waals surface area contributed by atoms with Crippen molar-refractivity contribution in [2.75, 3.05) is 0 Å². The van der Waals surface area contributed by atoms with Gasteiger partial charge in [0.2, 0.25) is 0 Å². The maximum Gasteiger partial charge on any atom is 0.328 e. The second-order valence-corrected chi connectivity index (χ2v) is 12.8. The van der Waals surface area contributed by atoms with E-state index >= 15 is 0 Å². The number of furan rings is 2. The van der Waals surface area contributed by atoms with Crippen molar-refractivity contribution in [2.24, 2.45) is 14.1 Å². The molecule has 6 aromatic carbocycles. The quantitative estimate of drug-likeness (QED) is 0.190. The van der Waals surface area contributed by atoms with E-state index in [9.17, 15) is 4.79 Å². The van der Waals surface area contributed by atoms with Gasteiger partial charge in [0, 0.05) is 52.3 Å². The first-order valence-corrected chi connectivity index (χ1v) is 16.5. The van der Waals surface area contributed by atoms with Gasteiger partial charge in [-0.1, -0.05) is 72.8 Å². The van der Waals surface area contributed by atoms with Gasteiger partial charge in [0.1, 0.15) is 22.3 Å². The van der Waals surface area contributed by atoms with E-state index in [-0.39, 0.29) is 5.69 Å². The maximum atomic E-state index is 12.6. The number of hydrogen-bond donors (Lipinski definition) is 0. The van der Waals surface area contributed by atoms with Gasteiger partial charge in [-0.15, -0.1) is 0 Å². The zero-order valence-electron chi connectivity index (χ0n) is 27.2. The number of rotatable bonds is 4. The van der Waals surface area contributed by atoms with Crippen molar-refractivity contribution in [3.8, 4) is 45.0 Å². The van der Waals surface area contributed by atoms with Crippen LogP contribution < -0.4 is 5.69 Å². The van der Waals surface area contributed by atoms with Crippen LogP contribution in [0.3, 0.4) is 0 Å². The van der Waals surface area contributed by atoms with Crippen molar-refractivity contribution in [1.29, 1.82) is 0 Å². The maximum absolute atomic E-state index is 12.6. The van der Waals surface area contributed by atoms with Crippen molar-refractivity contribution < 1.29 is 8.83 Å². The molecule has 7 nitrogen and oxygen atoms in total. The highest BCUT2D eigenvalue weighted by atomic mass is 16.3. The predicted molar refractivity (Wildman–Crippen MR) is 200 cm³/mol. The molecule has 7 heteroatoms. The molecule has 0 aliphatic carbocycles. The summed E-state index contributed by atoms with van der Waals surface area (Å²) in [5, 5.41) is 4.10. The Hall–Kier alpha value is -6.73. The molecule has 0 atom stereocenters. The van der Waals surface area contributed by atoms with Crippen LogP contribution in [-0.2, 0) is 14.1 Å². The largest absolute Gasteiger partial charge is 0.456 e. The van der Waals surface area contributed by atoms with Crippen LogP contribution in [0.1, 0.15) is 0 Å². The number of fused-ring (bicyclic) bond motifs is 7. The average molecular weight is 649 g/mol. The summed E-state index contributed by atoms with van der Waals surface area (Å²) in [6.07, 6.45) is 0. The first-order chi connectivity index (χ1) is 24.5. The Morgan fingerprint density at radius 2 is 1.02 bits per heavy atom. The van der Waals surface area contributed by atoms with Gasteiger partial charge in [-0.05, 0) is 71.8 Å². The van der Waals surface area contributed by atoms with E-state index in [4.69, 9.17) is 18.8 Å². The second-order valence-electron chi connectivity index (χ2n) is 12.8. The van der Waals surface area contributed by atoms with Gasteiger partial charge >= 0.3 is 5.69 Å². The summed E-state index contributed by atoms with van der Waals surface area (Å²) in [4.78, 5) is 22.8. The number of aryl methyl sites for hydroxylation is 2. The third-order valence-corrected chi connectivity index (χ3v) is 9.79. The molecule has 4 aromatic heterocycles. The highest BCUT2D eigenvalue weighted by molar-refractivity contribution is 6.15. The van der Waals surface area contributed by atoms with Crippen LogP contribution >= 0.6 is 0 Å². The summed E-state index contributed by atoms with van der Waals surface area (Å²) in [7, 11) is 3.61.